The van der Waals surface area contributed by atoms with Crippen LogP contribution in [0.2, 0.25) is 0 Å². The fourth-order valence-corrected chi connectivity index (χ4v) is 2.74. The number of hydrogen-bond acceptors (Lipinski definition) is 7. The molecule has 1 aromatic heterocycles. The average molecular weight is 365 g/mol. The first-order chi connectivity index (χ1) is 11.1. The summed E-state index contributed by atoms with van der Waals surface area (Å²) >= 11 is 0. The Balaban J connectivity index is 2.19. The Hall–Kier alpha value is -1.33. The van der Waals surface area contributed by atoms with Gasteiger partial charge in [-0.2, -0.15) is 0 Å². The van der Waals surface area contributed by atoms with Gasteiger partial charge in [0, 0.05) is 24.7 Å². The van der Waals surface area contributed by atoms with E-state index < -0.39 is 44.1 Å². The van der Waals surface area contributed by atoms with Crippen molar-refractivity contribution in [2.24, 2.45) is 0 Å². The van der Waals surface area contributed by atoms with Crippen LogP contribution in [0.3, 0.4) is 0 Å². The van der Waals surface area contributed by atoms with Crippen LogP contribution in [0, 0.1) is 0 Å². The van der Waals surface area contributed by atoms with Gasteiger partial charge in [0.15, 0.2) is 0 Å². The van der Waals surface area contributed by atoms with Gasteiger partial charge in [-0.15, -0.1) is 0 Å². The van der Waals surface area contributed by atoms with E-state index >= 15 is 0 Å². The Kier molecular flexibility index (Phi) is 5.76. The van der Waals surface area contributed by atoms with Crippen LogP contribution in [0.4, 0.5) is 0 Å². The number of aliphatic hydroxyl groups excluding tert-OH is 1. The van der Waals surface area contributed by atoms with Gasteiger partial charge < -0.3 is 24.5 Å². The Morgan fingerprint density at radius 3 is 2.71 bits per heavy atom. The van der Waals surface area contributed by atoms with Crippen LogP contribution in [-0.2, 0) is 20.4 Å². The van der Waals surface area contributed by atoms with Gasteiger partial charge in [-0.05, 0) is 14.1 Å². The molecule has 0 unspecified atom stereocenters. The maximum Gasteiger partial charge on any atom is 0.469 e. The van der Waals surface area contributed by atoms with E-state index in [1.807, 2.05) is 0 Å². The Morgan fingerprint density at radius 2 is 2.12 bits per heavy atom. The van der Waals surface area contributed by atoms with Gasteiger partial charge in [0.2, 0.25) is 0 Å². The van der Waals surface area contributed by atoms with Gasteiger partial charge >= 0.3 is 13.5 Å². The second-order valence-electron chi connectivity index (χ2n) is 5.78. The van der Waals surface area contributed by atoms with Crippen molar-refractivity contribution < 1.29 is 28.7 Å². The lowest BCUT2D eigenvalue weighted by Crippen LogP contribution is -2.35. The molecule has 1 aliphatic heterocycles. The SMILES string of the molecule is CN(C)Cc1cn([C@H]2C[C@H](O)[C@@H](COP(=O)(O)O)O2)c(=O)[nH]c1=O. The average Bonchev–Trinajstić information content (AvgIpc) is 2.79. The maximum atomic E-state index is 12.0. The number of hydrogen-bond donors (Lipinski definition) is 4. The molecule has 0 spiro atoms. The summed E-state index contributed by atoms with van der Waals surface area (Å²) in [5.74, 6) is 0. The predicted molar refractivity (Wildman–Crippen MR) is 81.2 cm³/mol. The Labute approximate surface area is 136 Å². The first kappa shape index (κ1) is 19.0. The van der Waals surface area contributed by atoms with Crippen molar-refractivity contribution in [2.75, 3.05) is 20.7 Å². The highest BCUT2D eigenvalue weighted by molar-refractivity contribution is 7.46. The molecule has 4 N–H and O–H groups in total. The zero-order chi connectivity index (χ0) is 18.1. The number of phosphoric ester groups is 1. The minimum atomic E-state index is -4.69. The van der Waals surface area contributed by atoms with Crippen molar-refractivity contribution in [2.45, 2.75) is 31.4 Å². The molecule has 1 fully saturated rings. The molecule has 0 saturated carbocycles. The molecular formula is C12H20N3O8P. The fraction of sp³-hybridized carbons (Fsp3) is 0.667. The summed E-state index contributed by atoms with van der Waals surface area (Å²) in [4.78, 5) is 45.1. The number of aromatic amines is 1. The van der Waals surface area contributed by atoms with Crippen LogP contribution < -0.4 is 11.2 Å². The lowest BCUT2D eigenvalue weighted by Gasteiger charge is -2.17. The number of ether oxygens (including phenoxy) is 1. The highest BCUT2D eigenvalue weighted by Gasteiger charge is 2.37. The zero-order valence-corrected chi connectivity index (χ0v) is 14.0. The van der Waals surface area contributed by atoms with Crippen molar-refractivity contribution in [3.8, 4) is 0 Å². The van der Waals surface area contributed by atoms with Crippen molar-refractivity contribution in [1.82, 2.24) is 14.5 Å². The van der Waals surface area contributed by atoms with E-state index in [4.69, 9.17) is 14.5 Å². The monoisotopic (exact) mass is 365 g/mol. The summed E-state index contributed by atoms with van der Waals surface area (Å²) < 4.78 is 21.6. The molecule has 0 radical (unpaired) electrons. The van der Waals surface area contributed by atoms with E-state index in [9.17, 15) is 19.3 Å². The lowest BCUT2D eigenvalue weighted by molar-refractivity contribution is -0.0452. The van der Waals surface area contributed by atoms with Crippen LogP contribution in [-0.4, -0.2) is 62.3 Å². The molecule has 0 bridgehead atoms. The molecule has 0 aliphatic carbocycles. The van der Waals surface area contributed by atoms with Gasteiger partial charge in [-0.1, -0.05) is 0 Å². The first-order valence-electron chi connectivity index (χ1n) is 7.09. The molecular weight excluding hydrogens is 345 g/mol. The molecule has 1 saturated heterocycles. The fourth-order valence-electron chi connectivity index (χ4n) is 2.40. The second-order valence-corrected chi connectivity index (χ2v) is 7.02. The number of aromatic nitrogens is 2. The number of nitrogens with zero attached hydrogens (tertiary/aromatic N) is 2. The molecule has 2 rings (SSSR count). The first-order valence-corrected chi connectivity index (χ1v) is 8.62. The topological polar surface area (TPSA) is 154 Å². The largest absolute Gasteiger partial charge is 0.469 e. The summed E-state index contributed by atoms with van der Waals surface area (Å²) in [6.45, 7) is -0.222. The summed E-state index contributed by atoms with van der Waals surface area (Å²) in [6, 6.07) is 0. The van der Waals surface area contributed by atoms with Crippen molar-refractivity contribution >= 4 is 7.82 Å². The van der Waals surface area contributed by atoms with E-state index in [0.717, 1.165) is 4.57 Å². The van der Waals surface area contributed by atoms with Crippen molar-refractivity contribution in [1.29, 1.82) is 0 Å². The number of phosphoric acid groups is 1. The van der Waals surface area contributed by atoms with E-state index in [2.05, 4.69) is 9.51 Å². The standard InChI is InChI=1S/C12H20N3O8P/c1-14(2)4-7-5-15(12(18)13-11(7)17)10-3-8(16)9(23-10)6-22-24(19,20)21/h5,8-10,16H,3-4,6H2,1-2H3,(H,13,17,18)(H2,19,20,21)/t8-,9+,10+/m0/s1. The van der Waals surface area contributed by atoms with Crippen LogP contribution in [0.5, 0.6) is 0 Å². The van der Waals surface area contributed by atoms with E-state index in [0.29, 0.717) is 12.1 Å². The van der Waals surface area contributed by atoms with Crippen molar-refractivity contribution in [3.63, 3.8) is 0 Å². The molecule has 1 aliphatic rings. The van der Waals surface area contributed by atoms with Crippen LogP contribution in [0.25, 0.3) is 0 Å². The molecule has 24 heavy (non-hydrogen) atoms. The molecule has 12 heteroatoms. The van der Waals surface area contributed by atoms with E-state index in [1.165, 1.54) is 6.20 Å². The summed E-state index contributed by atoms with van der Waals surface area (Å²) in [5.41, 5.74) is -0.867. The summed E-state index contributed by atoms with van der Waals surface area (Å²) in [7, 11) is -1.16. The maximum absolute atomic E-state index is 12.0. The van der Waals surface area contributed by atoms with Crippen LogP contribution in [0.1, 0.15) is 18.2 Å². The predicted octanol–water partition coefficient (Wildman–Crippen LogP) is -1.64. The second kappa shape index (κ2) is 7.28. The number of H-pyrrole nitrogens is 1. The van der Waals surface area contributed by atoms with E-state index in [-0.39, 0.29) is 6.42 Å². The molecule has 3 atom stereocenters. The molecule has 2 heterocycles. The quantitative estimate of drug-likeness (QED) is 0.434. The highest BCUT2D eigenvalue weighted by atomic mass is 31.2. The minimum absolute atomic E-state index is 0.0164. The summed E-state index contributed by atoms with van der Waals surface area (Å²) in [5, 5.41) is 9.92. The number of nitrogens with one attached hydrogen (secondary N) is 1. The molecule has 0 aromatic carbocycles. The zero-order valence-electron chi connectivity index (χ0n) is 13.2. The van der Waals surface area contributed by atoms with Gasteiger partial charge in [-0.3, -0.25) is 18.9 Å². The normalized spacial score (nSPS) is 24.7. The van der Waals surface area contributed by atoms with Gasteiger partial charge in [0.25, 0.3) is 5.56 Å². The molecule has 1 aromatic rings. The molecule has 11 nitrogen and oxygen atoms in total. The Bertz CT molecular complexity index is 739. The van der Waals surface area contributed by atoms with Gasteiger partial charge in [-0.25, -0.2) is 9.36 Å². The summed E-state index contributed by atoms with van der Waals surface area (Å²) in [6.07, 6.45) is -1.58. The third-order valence-corrected chi connectivity index (χ3v) is 3.93. The third-order valence-electron chi connectivity index (χ3n) is 3.45. The molecule has 136 valence electrons. The molecule has 0 amide bonds. The van der Waals surface area contributed by atoms with Crippen molar-refractivity contribution in [3.05, 3.63) is 32.6 Å². The third kappa shape index (κ3) is 4.84. The van der Waals surface area contributed by atoms with E-state index in [1.54, 1.807) is 19.0 Å². The lowest BCUT2D eigenvalue weighted by atomic mass is 10.2. The van der Waals surface area contributed by atoms with Gasteiger partial charge in [0.1, 0.15) is 12.3 Å². The smallest absolute Gasteiger partial charge is 0.390 e. The van der Waals surface area contributed by atoms with Gasteiger partial charge in [0.05, 0.1) is 12.7 Å². The number of rotatable bonds is 6. The Morgan fingerprint density at radius 1 is 1.46 bits per heavy atom. The van der Waals surface area contributed by atoms with Crippen LogP contribution >= 0.6 is 7.82 Å². The highest BCUT2D eigenvalue weighted by Crippen LogP contribution is 2.38. The number of aliphatic hydroxyl groups is 1. The minimum Gasteiger partial charge on any atom is -0.390 e. The van der Waals surface area contributed by atoms with Crippen LogP contribution in [0.15, 0.2) is 15.8 Å².